The Morgan fingerprint density at radius 3 is 2.62 bits per heavy atom. The maximum atomic E-state index is 8.40. The molecule has 1 unspecified atom stereocenters. The van der Waals surface area contributed by atoms with E-state index < -0.39 is 0 Å². The summed E-state index contributed by atoms with van der Waals surface area (Å²) in [4.78, 5) is 3.55. The molecule has 0 aromatic rings. The molecular weight excluding hydrogens is 160 g/mol. The molecule has 2 atom stereocenters. The standard InChI is InChI=1S/C11H18N2/c1-4-6-10(2)9-11(13-3)7-5-8-12/h10-11H,4-7,9H2,1-2H3/t10?,11-/m0/s1. The second-order valence-corrected chi connectivity index (χ2v) is 3.61. The van der Waals surface area contributed by atoms with Crippen LogP contribution in [0.4, 0.5) is 0 Å². The van der Waals surface area contributed by atoms with Crippen molar-refractivity contribution in [3.05, 3.63) is 11.4 Å². The number of rotatable bonds is 6. The van der Waals surface area contributed by atoms with Gasteiger partial charge in [-0.1, -0.05) is 26.7 Å². The summed E-state index contributed by atoms with van der Waals surface area (Å²) in [6.45, 7) is 11.3. The van der Waals surface area contributed by atoms with Crippen molar-refractivity contribution in [2.45, 2.75) is 52.0 Å². The van der Waals surface area contributed by atoms with Crippen molar-refractivity contribution in [1.82, 2.24) is 0 Å². The van der Waals surface area contributed by atoms with E-state index in [-0.39, 0.29) is 6.04 Å². The molecule has 0 saturated carbocycles. The Labute approximate surface area is 81.4 Å². The maximum Gasteiger partial charge on any atom is 0.225 e. The molecule has 0 saturated heterocycles. The first-order valence-corrected chi connectivity index (χ1v) is 4.98. The summed E-state index contributed by atoms with van der Waals surface area (Å²) in [6.07, 6.45) is 4.60. The Hall–Kier alpha value is -1.02. The fourth-order valence-corrected chi connectivity index (χ4v) is 1.54. The smallest absolute Gasteiger partial charge is 0.225 e. The second-order valence-electron chi connectivity index (χ2n) is 3.61. The highest BCUT2D eigenvalue weighted by Gasteiger charge is 2.15. The second kappa shape index (κ2) is 7.62. The minimum absolute atomic E-state index is 0.0706. The lowest BCUT2D eigenvalue weighted by molar-refractivity contribution is 0.448. The number of nitrogens with zero attached hydrogens (tertiary/aromatic N) is 2. The molecule has 0 amide bonds. The predicted molar refractivity (Wildman–Crippen MR) is 53.9 cm³/mol. The van der Waals surface area contributed by atoms with Crippen LogP contribution in [-0.4, -0.2) is 6.04 Å². The first kappa shape index (κ1) is 12.0. The zero-order valence-electron chi connectivity index (χ0n) is 8.58. The minimum Gasteiger partial charge on any atom is -0.314 e. The Kier molecular flexibility index (Phi) is 7.02. The van der Waals surface area contributed by atoms with Crippen LogP contribution in [0.25, 0.3) is 4.85 Å². The van der Waals surface area contributed by atoms with E-state index in [0.717, 1.165) is 12.8 Å². The zero-order valence-corrected chi connectivity index (χ0v) is 8.58. The monoisotopic (exact) mass is 178 g/mol. The Morgan fingerprint density at radius 1 is 1.46 bits per heavy atom. The molecule has 0 bridgehead atoms. The summed E-state index contributed by atoms with van der Waals surface area (Å²) in [5.41, 5.74) is 0. The summed E-state index contributed by atoms with van der Waals surface area (Å²) in [5, 5.41) is 8.40. The normalized spacial score (nSPS) is 14.2. The van der Waals surface area contributed by atoms with Gasteiger partial charge in [-0.2, -0.15) is 5.26 Å². The van der Waals surface area contributed by atoms with E-state index in [4.69, 9.17) is 11.8 Å². The largest absolute Gasteiger partial charge is 0.314 e. The van der Waals surface area contributed by atoms with Gasteiger partial charge in [-0.3, -0.25) is 0 Å². The molecule has 0 heterocycles. The van der Waals surface area contributed by atoms with Gasteiger partial charge in [0.2, 0.25) is 6.04 Å². The average Bonchev–Trinajstić information content (AvgIpc) is 2.12. The summed E-state index contributed by atoms with van der Waals surface area (Å²) >= 11 is 0. The maximum absolute atomic E-state index is 8.40. The van der Waals surface area contributed by atoms with Gasteiger partial charge in [-0.05, 0) is 5.92 Å². The third-order valence-electron chi connectivity index (χ3n) is 2.23. The third-order valence-corrected chi connectivity index (χ3v) is 2.23. The predicted octanol–water partition coefficient (Wildman–Crippen LogP) is 3.40. The van der Waals surface area contributed by atoms with Crippen LogP contribution in [-0.2, 0) is 0 Å². The number of hydrogen-bond donors (Lipinski definition) is 0. The summed E-state index contributed by atoms with van der Waals surface area (Å²) in [7, 11) is 0. The molecular formula is C11H18N2. The average molecular weight is 178 g/mol. The van der Waals surface area contributed by atoms with Crippen molar-refractivity contribution in [3.63, 3.8) is 0 Å². The molecule has 13 heavy (non-hydrogen) atoms. The number of nitriles is 1. The van der Waals surface area contributed by atoms with Gasteiger partial charge in [0, 0.05) is 19.3 Å². The topological polar surface area (TPSA) is 28.1 Å². The molecule has 0 aliphatic heterocycles. The summed E-state index contributed by atoms with van der Waals surface area (Å²) < 4.78 is 0. The van der Waals surface area contributed by atoms with E-state index in [9.17, 15) is 0 Å². The van der Waals surface area contributed by atoms with Gasteiger partial charge in [-0.25, -0.2) is 6.57 Å². The van der Waals surface area contributed by atoms with E-state index in [1.807, 2.05) is 0 Å². The van der Waals surface area contributed by atoms with E-state index in [1.54, 1.807) is 0 Å². The molecule has 2 nitrogen and oxygen atoms in total. The van der Waals surface area contributed by atoms with Crippen LogP contribution in [0.5, 0.6) is 0 Å². The van der Waals surface area contributed by atoms with Crippen LogP contribution in [0.1, 0.15) is 46.0 Å². The molecule has 0 aliphatic carbocycles. The van der Waals surface area contributed by atoms with Gasteiger partial charge in [0.1, 0.15) is 0 Å². The molecule has 0 aromatic heterocycles. The van der Waals surface area contributed by atoms with Crippen molar-refractivity contribution in [1.29, 1.82) is 5.26 Å². The Bertz CT molecular complexity index is 197. The van der Waals surface area contributed by atoms with Crippen molar-refractivity contribution >= 4 is 0 Å². The highest BCUT2D eigenvalue weighted by atomic mass is 14.7. The molecule has 0 fully saturated rings. The lowest BCUT2D eigenvalue weighted by Crippen LogP contribution is -2.07. The Morgan fingerprint density at radius 2 is 2.15 bits per heavy atom. The van der Waals surface area contributed by atoms with Crippen LogP contribution < -0.4 is 0 Å². The molecule has 0 spiro atoms. The fourth-order valence-electron chi connectivity index (χ4n) is 1.54. The summed E-state index contributed by atoms with van der Waals surface area (Å²) in [5.74, 6) is 0.628. The third kappa shape index (κ3) is 6.17. The zero-order chi connectivity index (χ0) is 10.1. The van der Waals surface area contributed by atoms with E-state index >= 15 is 0 Å². The Balaban J connectivity index is 3.72. The van der Waals surface area contributed by atoms with Crippen LogP contribution in [0.2, 0.25) is 0 Å². The molecule has 0 aliphatic rings. The van der Waals surface area contributed by atoms with Gasteiger partial charge >= 0.3 is 0 Å². The van der Waals surface area contributed by atoms with Crippen LogP contribution >= 0.6 is 0 Å². The molecule has 0 rings (SSSR count). The van der Waals surface area contributed by atoms with Crippen LogP contribution in [0.15, 0.2) is 0 Å². The quantitative estimate of drug-likeness (QED) is 0.573. The SMILES string of the molecule is [C-]#[N+][C@@H](CCC#N)CC(C)CCC. The van der Waals surface area contributed by atoms with E-state index in [1.165, 1.54) is 12.8 Å². The van der Waals surface area contributed by atoms with Gasteiger partial charge < -0.3 is 4.85 Å². The van der Waals surface area contributed by atoms with Gasteiger partial charge in [0.05, 0.1) is 6.07 Å². The van der Waals surface area contributed by atoms with Crippen molar-refractivity contribution in [3.8, 4) is 6.07 Å². The fraction of sp³-hybridized carbons (Fsp3) is 0.818. The molecule has 0 radical (unpaired) electrons. The van der Waals surface area contributed by atoms with Gasteiger partial charge in [-0.15, -0.1) is 0 Å². The number of hydrogen-bond acceptors (Lipinski definition) is 1. The van der Waals surface area contributed by atoms with Crippen molar-refractivity contribution in [2.75, 3.05) is 0 Å². The van der Waals surface area contributed by atoms with Crippen LogP contribution in [0.3, 0.4) is 0 Å². The molecule has 0 aromatic carbocycles. The van der Waals surface area contributed by atoms with Crippen LogP contribution in [0, 0.1) is 23.8 Å². The molecule has 0 N–H and O–H groups in total. The van der Waals surface area contributed by atoms with Crippen molar-refractivity contribution in [2.24, 2.45) is 5.92 Å². The van der Waals surface area contributed by atoms with E-state index in [0.29, 0.717) is 12.3 Å². The van der Waals surface area contributed by atoms with E-state index in [2.05, 4.69) is 24.8 Å². The van der Waals surface area contributed by atoms with Crippen molar-refractivity contribution < 1.29 is 0 Å². The lowest BCUT2D eigenvalue weighted by Gasteiger charge is -2.10. The van der Waals surface area contributed by atoms with Gasteiger partial charge in [0.15, 0.2) is 0 Å². The highest BCUT2D eigenvalue weighted by molar-refractivity contribution is 4.84. The summed E-state index contributed by atoms with van der Waals surface area (Å²) in [6, 6.07) is 2.16. The molecule has 2 heteroatoms. The lowest BCUT2D eigenvalue weighted by atomic mass is 9.95. The molecule has 72 valence electrons. The highest BCUT2D eigenvalue weighted by Crippen LogP contribution is 2.17. The minimum atomic E-state index is 0.0706. The first-order chi connectivity index (χ1) is 6.24. The first-order valence-electron chi connectivity index (χ1n) is 4.98. The van der Waals surface area contributed by atoms with Gasteiger partial charge in [0.25, 0.3) is 0 Å².